The molecule has 140 valence electrons. The molecule has 0 aliphatic rings. The first-order valence-electron chi connectivity index (χ1n) is 8.03. The third-order valence-corrected chi connectivity index (χ3v) is 4.57. The SMILES string of the molecule is NC(=O)c1ccc(-c2nn(-c3c(F)cccc3F)c3cc[nH]c(=O)c23)c(Cl)c1. The van der Waals surface area contributed by atoms with Crippen molar-refractivity contribution in [3.63, 3.8) is 0 Å². The third kappa shape index (κ3) is 2.74. The summed E-state index contributed by atoms with van der Waals surface area (Å²) in [5.41, 5.74) is 5.10. The van der Waals surface area contributed by atoms with Crippen LogP contribution in [0.2, 0.25) is 5.02 Å². The van der Waals surface area contributed by atoms with E-state index >= 15 is 0 Å². The van der Waals surface area contributed by atoms with Crippen molar-refractivity contribution in [2.24, 2.45) is 5.73 Å². The lowest BCUT2D eigenvalue weighted by Crippen LogP contribution is -2.10. The Morgan fingerprint density at radius 1 is 1.14 bits per heavy atom. The number of benzene rings is 2. The third-order valence-electron chi connectivity index (χ3n) is 4.26. The fraction of sp³-hybridized carbons (Fsp3) is 0. The van der Waals surface area contributed by atoms with Crippen molar-refractivity contribution >= 4 is 28.4 Å². The first kappa shape index (κ1) is 17.9. The van der Waals surface area contributed by atoms with E-state index in [-0.39, 0.29) is 27.2 Å². The van der Waals surface area contributed by atoms with E-state index < -0.39 is 28.8 Å². The molecule has 0 unspecified atom stereocenters. The van der Waals surface area contributed by atoms with Crippen LogP contribution in [0.15, 0.2) is 53.5 Å². The number of carbonyl (C=O) groups is 1. The van der Waals surface area contributed by atoms with Gasteiger partial charge in [0.05, 0.1) is 15.9 Å². The number of nitrogens with one attached hydrogen (secondary N) is 1. The number of amides is 1. The molecule has 28 heavy (non-hydrogen) atoms. The summed E-state index contributed by atoms with van der Waals surface area (Å²) in [5.74, 6) is -2.35. The summed E-state index contributed by atoms with van der Waals surface area (Å²) in [4.78, 5) is 26.3. The van der Waals surface area contributed by atoms with E-state index in [1.165, 1.54) is 36.5 Å². The van der Waals surface area contributed by atoms with Crippen LogP contribution in [-0.2, 0) is 0 Å². The summed E-state index contributed by atoms with van der Waals surface area (Å²) in [6.07, 6.45) is 1.35. The smallest absolute Gasteiger partial charge is 0.259 e. The van der Waals surface area contributed by atoms with Gasteiger partial charge in [0.2, 0.25) is 5.91 Å². The lowest BCUT2D eigenvalue weighted by molar-refractivity contribution is 0.100. The number of nitrogens with zero attached hydrogens (tertiary/aromatic N) is 2. The number of aromatic nitrogens is 3. The molecule has 0 saturated carbocycles. The molecule has 0 atom stereocenters. The average Bonchev–Trinajstić information content (AvgIpc) is 3.02. The van der Waals surface area contributed by atoms with Crippen LogP contribution in [0.5, 0.6) is 0 Å². The molecule has 3 N–H and O–H groups in total. The molecule has 4 aromatic rings. The molecule has 0 bridgehead atoms. The summed E-state index contributed by atoms with van der Waals surface area (Å²) in [5, 5.41) is 4.47. The highest BCUT2D eigenvalue weighted by atomic mass is 35.5. The molecule has 9 heteroatoms. The van der Waals surface area contributed by atoms with Crippen molar-refractivity contribution in [2.75, 3.05) is 0 Å². The fourth-order valence-corrected chi connectivity index (χ4v) is 3.26. The number of H-pyrrole nitrogens is 1. The Morgan fingerprint density at radius 3 is 2.50 bits per heavy atom. The van der Waals surface area contributed by atoms with Crippen molar-refractivity contribution < 1.29 is 13.6 Å². The number of halogens is 3. The van der Waals surface area contributed by atoms with Gasteiger partial charge in [0.25, 0.3) is 5.56 Å². The van der Waals surface area contributed by atoms with Crippen LogP contribution in [0.3, 0.4) is 0 Å². The highest BCUT2D eigenvalue weighted by Gasteiger charge is 2.22. The lowest BCUT2D eigenvalue weighted by atomic mass is 10.1. The summed E-state index contributed by atoms with van der Waals surface area (Å²) in [6, 6.07) is 9.12. The first-order valence-corrected chi connectivity index (χ1v) is 8.41. The Balaban J connectivity index is 2.07. The minimum Gasteiger partial charge on any atom is -0.366 e. The zero-order valence-corrected chi connectivity index (χ0v) is 14.8. The number of hydrogen-bond acceptors (Lipinski definition) is 3. The molecule has 0 aliphatic carbocycles. The van der Waals surface area contributed by atoms with E-state index in [2.05, 4.69) is 10.1 Å². The van der Waals surface area contributed by atoms with Gasteiger partial charge < -0.3 is 10.7 Å². The zero-order chi connectivity index (χ0) is 20.0. The van der Waals surface area contributed by atoms with Crippen LogP contribution in [0, 0.1) is 11.6 Å². The van der Waals surface area contributed by atoms with Gasteiger partial charge >= 0.3 is 0 Å². The largest absolute Gasteiger partial charge is 0.366 e. The Bertz CT molecular complexity index is 1290. The van der Waals surface area contributed by atoms with Gasteiger partial charge in [0, 0.05) is 17.3 Å². The number of pyridine rings is 1. The molecule has 1 amide bonds. The van der Waals surface area contributed by atoms with Crippen molar-refractivity contribution in [3.05, 3.63) is 81.2 Å². The van der Waals surface area contributed by atoms with Crippen LogP contribution in [0.25, 0.3) is 27.8 Å². The summed E-state index contributed by atoms with van der Waals surface area (Å²) >= 11 is 6.26. The number of rotatable bonds is 3. The van der Waals surface area contributed by atoms with Crippen molar-refractivity contribution in [1.29, 1.82) is 0 Å². The van der Waals surface area contributed by atoms with Crippen LogP contribution in [0.4, 0.5) is 8.78 Å². The molecule has 0 spiro atoms. The van der Waals surface area contributed by atoms with Gasteiger partial charge in [-0.15, -0.1) is 0 Å². The number of para-hydroxylation sites is 1. The maximum absolute atomic E-state index is 14.3. The quantitative estimate of drug-likeness (QED) is 0.551. The maximum Gasteiger partial charge on any atom is 0.259 e. The molecule has 2 aromatic heterocycles. The second-order valence-electron chi connectivity index (χ2n) is 5.96. The molecule has 0 aliphatic heterocycles. The molecule has 0 fully saturated rings. The van der Waals surface area contributed by atoms with Crippen LogP contribution in [0.1, 0.15) is 10.4 Å². The van der Waals surface area contributed by atoms with Crippen molar-refractivity contribution in [1.82, 2.24) is 14.8 Å². The summed E-state index contributed by atoms with van der Waals surface area (Å²) < 4.78 is 29.7. The standard InChI is InChI=1S/C19H11ClF2N4O2/c20-11-8-9(18(23)27)4-5-10(11)16-15-14(6-7-24-19(15)28)26(25-16)17-12(21)2-1-3-13(17)22/h1-8H,(H2,23,27)(H,24,28). The highest BCUT2D eigenvalue weighted by Crippen LogP contribution is 2.33. The van der Waals surface area contributed by atoms with Gasteiger partial charge in [-0.05, 0) is 30.3 Å². The van der Waals surface area contributed by atoms with Crippen molar-refractivity contribution in [3.8, 4) is 16.9 Å². The Labute approximate surface area is 161 Å². The van der Waals surface area contributed by atoms with Gasteiger partial charge in [-0.2, -0.15) is 5.10 Å². The summed E-state index contributed by atoms with van der Waals surface area (Å²) in [6.45, 7) is 0. The molecule has 6 nitrogen and oxygen atoms in total. The predicted octanol–water partition coefficient (Wildman–Crippen LogP) is 3.41. The highest BCUT2D eigenvalue weighted by molar-refractivity contribution is 6.34. The molecule has 0 saturated heterocycles. The Morgan fingerprint density at radius 2 is 1.86 bits per heavy atom. The monoisotopic (exact) mass is 400 g/mol. The zero-order valence-electron chi connectivity index (χ0n) is 14.0. The topological polar surface area (TPSA) is 93.8 Å². The van der Waals surface area contributed by atoms with E-state index in [1.807, 2.05) is 0 Å². The maximum atomic E-state index is 14.3. The minimum absolute atomic E-state index is 0.0962. The van der Waals surface area contributed by atoms with Crippen LogP contribution >= 0.6 is 11.6 Å². The molecule has 0 radical (unpaired) electrons. The van der Waals surface area contributed by atoms with Gasteiger partial charge in [0.1, 0.15) is 11.4 Å². The molecular formula is C19H11ClF2N4O2. The van der Waals surface area contributed by atoms with Crippen molar-refractivity contribution in [2.45, 2.75) is 0 Å². The Hall–Kier alpha value is -3.52. The minimum atomic E-state index is -0.841. The van der Waals surface area contributed by atoms with Gasteiger partial charge in [-0.3, -0.25) is 9.59 Å². The fourth-order valence-electron chi connectivity index (χ4n) is 2.99. The van der Waals surface area contributed by atoms with Gasteiger partial charge in [-0.1, -0.05) is 23.7 Å². The lowest BCUT2D eigenvalue weighted by Gasteiger charge is -2.06. The van der Waals surface area contributed by atoms with Crippen LogP contribution < -0.4 is 11.3 Å². The van der Waals surface area contributed by atoms with E-state index in [0.717, 1.165) is 16.8 Å². The number of fused-ring (bicyclic) bond motifs is 1. The van der Waals surface area contributed by atoms with Crippen LogP contribution in [-0.4, -0.2) is 20.7 Å². The number of hydrogen-bond donors (Lipinski definition) is 2. The van der Waals surface area contributed by atoms with E-state index in [0.29, 0.717) is 5.56 Å². The predicted molar refractivity (Wildman–Crippen MR) is 101 cm³/mol. The number of aromatic amines is 1. The Kier molecular flexibility index (Phi) is 4.20. The second-order valence-corrected chi connectivity index (χ2v) is 6.36. The number of primary amides is 1. The molecular weight excluding hydrogens is 390 g/mol. The average molecular weight is 401 g/mol. The normalized spacial score (nSPS) is 11.1. The molecule has 2 aromatic carbocycles. The number of nitrogens with two attached hydrogens (primary N) is 1. The van der Waals surface area contributed by atoms with E-state index in [9.17, 15) is 18.4 Å². The van der Waals surface area contributed by atoms with Gasteiger partial charge in [-0.25, -0.2) is 13.5 Å². The molecule has 2 heterocycles. The van der Waals surface area contributed by atoms with Gasteiger partial charge in [0.15, 0.2) is 11.6 Å². The second kappa shape index (κ2) is 6.58. The van der Waals surface area contributed by atoms with E-state index in [1.54, 1.807) is 0 Å². The number of carbonyl (C=O) groups excluding carboxylic acids is 1. The van der Waals surface area contributed by atoms with E-state index in [4.69, 9.17) is 17.3 Å². The summed E-state index contributed by atoms with van der Waals surface area (Å²) in [7, 11) is 0. The first-order chi connectivity index (χ1) is 13.4. The molecule has 4 rings (SSSR count).